The first kappa shape index (κ1) is 20.5. The van der Waals surface area contributed by atoms with Gasteiger partial charge in [0.2, 0.25) is 0 Å². The molecule has 0 bridgehead atoms. The minimum atomic E-state index is -1.30. The first-order valence-corrected chi connectivity index (χ1v) is 10.5. The number of ether oxygens (including phenoxy) is 3. The highest BCUT2D eigenvalue weighted by molar-refractivity contribution is 9.10. The number of aromatic amines is 1. The lowest BCUT2D eigenvalue weighted by molar-refractivity contribution is -0.240. The van der Waals surface area contributed by atoms with Crippen LogP contribution < -0.4 is 4.74 Å². The van der Waals surface area contributed by atoms with Crippen LogP contribution in [0.2, 0.25) is 0 Å². The van der Waals surface area contributed by atoms with E-state index in [-0.39, 0.29) is 0 Å². The van der Waals surface area contributed by atoms with Gasteiger partial charge in [-0.1, -0.05) is 34.1 Å². The van der Waals surface area contributed by atoms with Crippen LogP contribution in [0, 0.1) is 5.92 Å². The number of nitrogens with one attached hydrogen (secondary N) is 1. The van der Waals surface area contributed by atoms with Crippen LogP contribution in [0.4, 0.5) is 0 Å². The van der Waals surface area contributed by atoms with Gasteiger partial charge in [0.1, 0.15) is 5.75 Å². The van der Waals surface area contributed by atoms with Crippen molar-refractivity contribution in [1.29, 1.82) is 0 Å². The summed E-state index contributed by atoms with van der Waals surface area (Å²) in [5, 5.41) is 0.912. The number of fused-ring (bicyclic) bond motifs is 1. The van der Waals surface area contributed by atoms with Gasteiger partial charge in [0.15, 0.2) is 5.92 Å². The number of halogens is 1. The summed E-state index contributed by atoms with van der Waals surface area (Å²) < 4.78 is 17.6. The van der Waals surface area contributed by atoms with Crippen LogP contribution in [0.3, 0.4) is 0 Å². The number of benzene rings is 2. The Morgan fingerprint density at radius 3 is 2.50 bits per heavy atom. The number of H-pyrrole nitrogens is 1. The summed E-state index contributed by atoms with van der Waals surface area (Å²) in [6, 6.07) is 13.3. The maximum Gasteiger partial charge on any atom is 0.324 e. The van der Waals surface area contributed by atoms with Crippen molar-refractivity contribution < 1.29 is 23.8 Å². The fourth-order valence-corrected chi connectivity index (χ4v) is 4.31. The molecule has 6 nitrogen and oxygen atoms in total. The molecule has 3 aromatic rings. The molecular formula is C23H22BrNO5. The summed E-state index contributed by atoms with van der Waals surface area (Å²) in [5.41, 5.74) is 2.40. The van der Waals surface area contributed by atoms with Crippen molar-refractivity contribution in [3.8, 4) is 5.75 Å². The average molecular weight is 472 g/mol. The van der Waals surface area contributed by atoms with Crippen LogP contribution in [0.1, 0.15) is 37.8 Å². The van der Waals surface area contributed by atoms with Gasteiger partial charge in [-0.3, -0.25) is 9.59 Å². The van der Waals surface area contributed by atoms with E-state index in [9.17, 15) is 9.59 Å². The lowest BCUT2D eigenvalue weighted by atomic mass is 9.79. The van der Waals surface area contributed by atoms with Gasteiger partial charge in [0.25, 0.3) is 5.79 Å². The predicted molar refractivity (Wildman–Crippen MR) is 115 cm³/mol. The lowest BCUT2D eigenvalue weighted by Crippen LogP contribution is -2.48. The number of cyclic esters (lactones) is 2. The summed E-state index contributed by atoms with van der Waals surface area (Å²) >= 11 is 3.51. The molecule has 0 radical (unpaired) electrons. The SMILES string of the molecule is CCOc1ccc(Br)cc1[C@@H](c1c[nH]c2ccccc12)C1C(=O)OC(C)(C)OC1=O. The Labute approximate surface area is 182 Å². The second kappa shape index (κ2) is 7.80. The van der Waals surface area contributed by atoms with Gasteiger partial charge in [-0.2, -0.15) is 0 Å². The van der Waals surface area contributed by atoms with Crippen molar-refractivity contribution in [2.24, 2.45) is 5.92 Å². The second-order valence-electron chi connectivity index (χ2n) is 7.60. The molecule has 0 spiro atoms. The van der Waals surface area contributed by atoms with Crippen LogP contribution in [-0.4, -0.2) is 29.3 Å². The number of carbonyl (C=O) groups excluding carboxylic acids is 2. The Kier molecular flexibility index (Phi) is 5.32. The third-order valence-electron chi connectivity index (χ3n) is 5.10. The monoisotopic (exact) mass is 471 g/mol. The molecule has 1 aliphatic rings. The molecule has 0 amide bonds. The Bertz CT molecular complexity index is 1100. The summed E-state index contributed by atoms with van der Waals surface area (Å²) in [7, 11) is 0. The predicted octanol–water partition coefficient (Wildman–Crippen LogP) is 4.91. The Hall–Kier alpha value is -2.80. The van der Waals surface area contributed by atoms with E-state index >= 15 is 0 Å². The van der Waals surface area contributed by atoms with Crippen molar-refractivity contribution in [1.82, 2.24) is 4.98 Å². The number of hydrogen-bond acceptors (Lipinski definition) is 5. The zero-order valence-corrected chi connectivity index (χ0v) is 18.5. The number of esters is 2. The van der Waals surface area contributed by atoms with Gasteiger partial charge in [0.05, 0.1) is 6.61 Å². The molecule has 1 N–H and O–H groups in total. The van der Waals surface area contributed by atoms with Crippen molar-refractivity contribution in [3.63, 3.8) is 0 Å². The molecule has 156 valence electrons. The van der Waals surface area contributed by atoms with E-state index in [0.717, 1.165) is 20.9 Å². The van der Waals surface area contributed by atoms with Gasteiger partial charge in [0, 0.05) is 46.9 Å². The van der Waals surface area contributed by atoms with Crippen molar-refractivity contribution in [2.45, 2.75) is 32.5 Å². The molecule has 1 aliphatic heterocycles. The topological polar surface area (TPSA) is 77.6 Å². The molecule has 1 atom stereocenters. The molecule has 1 fully saturated rings. The maximum absolute atomic E-state index is 13.0. The van der Waals surface area contributed by atoms with Gasteiger partial charge in [-0.05, 0) is 36.8 Å². The Balaban J connectivity index is 1.94. The minimum absolute atomic E-state index is 0.446. The highest BCUT2D eigenvalue weighted by atomic mass is 79.9. The minimum Gasteiger partial charge on any atom is -0.494 e. The maximum atomic E-state index is 13.0. The van der Waals surface area contributed by atoms with E-state index in [2.05, 4.69) is 20.9 Å². The molecule has 2 aromatic carbocycles. The van der Waals surface area contributed by atoms with Crippen LogP contribution in [0.15, 0.2) is 53.1 Å². The number of hydrogen-bond donors (Lipinski definition) is 1. The number of rotatable bonds is 5. The van der Waals surface area contributed by atoms with Crippen LogP contribution in [0.5, 0.6) is 5.75 Å². The molecule has 30 heavy (non-hydrogen) atoms. The van der Waals surface area contributed by atoms with E-state index < -0.39 is 29.6 Å². The summed E-state index contributed by atoms with van der Waals surface area (Å²) in [4.78, 5) is 29.3. The largest absolute Gasteiger partial charge is 0.494 e. The average Bonchev–Trinajstić information content (AvgIpc) is 3.09. The summed E-state index contributed by atoms with van der Waals surface area (Å²) in [5.74, 6) is -3.75. The second-order valence-corrected chi connectivity index (χ2v) is 8.52. The number of aromatic nitrogens is 1. The van der Waals surface area contributed by atoms with E-state index in [0.29, 0.717) is 17.9 Å². The van der Waals surface area contributed by atoms with E-state index in [4.69, 9.17) is 14.2 Å². The first-order valence-electron chi connectivity index (χ1n) is 9.74. The van der Waals surface area contributed by atoms with E-state index in [1.807, 2.05) is 55.6 Å². The molecule has 1 aromatic heterocycles. The van der Waals surface area contributed by atoms with Gasteiger partial charge >= 0.3 is 11.9 Å². The highest BCUT2D eigenvalue weighted by Gasteiger charge is 2.49. The molecule has 0 unspecified atom stereocenters. The fraction of sp³-hybridized carbons (Fsp3) is 0.304. The molecule has 4 rings (SSSR count). The highest BCUT2D eigenvalue weighted by Crippen LogP contribution is 2.44. The van der Waals surface area contributed by atoms with Crippen LogP contribution in [-0.2, 0) is 19.1 Å². The normalized spacial score (nSPS) is 17.5. The molecule has 1 saturated heterocycles. The molecule has 0 saturated carbocycles. The number of carbonyl (C=O) groups is 2. The molecular weight excluding hydrogens is 450 g/mol. The third-order valence-corrected chi connectivity index (χ3v) is 5.59. The smallest absolute Gasteiger partial charge is 0.324 e. The first-order chi connectivity index (χ1) is 14.3. The van der Waals surface area contributed by atoms with Gasteiger partial charge in [-0.25, -0.2) is 0 Å². The van der Waals surface area contributed by atoms with Gasteiger partial charge in [-0.15, -0.1) is 0 Å². The van der Waals surface area contributed by atoms with Crippen molar-refractivity contribution in [2.75, 3.05) is 6.61 Å². The van der Waals surface area contributed by atoms with Crippen LogP contribution >= 0.6 is 15.9 Å². The lowest BCUT2D eigenvalue weighted by Gasteiger charge is -2.36. The Morgan fingerprint density at radius 2 is 1.80 bits per heavy atom. The quantitative estimate of drug-likeness (QED) is 0.422. The van der Waals surface area contributed by atoms with E-state index in [1.165, 1.54) is 0 Å². The van der Waals surface area contributed by atoms with Crippen molar-refractivity contribution >= 4 is 38.8 Å². The third kappa shape index (κ3) is 3.69. The number of para-hydroxylation sites is 1. The fourth-order valence-electron chi connectivity index (χ4n) is 3.93. The zero-order valence-electron chi connectivity index (χ0n) is 16.9. The van der Waals surface area contributed by atoms with Gasteiger partial charge < -0.3 is 19.2 Å². The van der Waals surface area contributed by atoms with Crippen molar-refractivity contribution in [3.05, 3.63) is 64.3 Å². The summed E-state index contributed by atoms with van der Waals surface area (Å²) in [6.45, 7) is 5.43. The molecule has 2 heterocycles. The molecule has 7 heteroatoms. The molecule has 0 aliphatic carbocycles. The van der Waals surface area contributed by atoms with Crippen LogP contribution in [0.25, 0.3) is 10.9 Å². The standard InChI is InChI=1S/C23H22BrNO5/c1-4-28-18-10-9-13(24)11-15(18)19(16-12-25-17-8-6-5-7-14(16)17)20-21(26)29-23(2,3)30-22(20)27/h5-12,19-20,25H,4H2,1-3H3/t19-/m0/s1. The Morgan fingerprint density at radius 1 is 1.10 bits per heavy atom. The summed E-state index contributed by atoms with van der Waals surface area (Å²) in [6.07, 6.45) is 1.83. The van der Waals surface area contributed by atoms with E-state index in [1.54, 1.807) is 13.8 Å². The zero-order chi connectivity index (χ0) is 21.5.